The van der Waals surface area contributed by atoms with Crippen LogP contribution in [0.2, 0.25) is 0 Å². The maximum atomic E-state index is 12.8. The van der Waals surface area contributed by atoms with Crippen molar-refractivity contribution >= 4 is 12.0 Å². The number of aryl methyl sites for hydroxylation is 1. The minimum absolute atomic E-state index is 0.123. The Morgan fingerprint density at radius 1 is 1.07 bits per heavy atom. The molecular weight excluding hydrogens is 342 g/mol. The van der Waals surface area contributed by atoms with Gasteiger partial charge < -0.3 is 9.64 Å². The average molecular weight is 365 g/mol. The number of benzene rings is 1. The van der Waals surface area contributed by atoms with Gasteiger partial charge in [-0.25, -0.2) is 4.79 Å². The van der Waals surface area contributed by atoms with Gasteiger partial charge in [-0.2, -0.15) is 0 Å². The van der Waals surface area contributed by atoms with Crippen molar-refractivity contribution in [3.05, 3.63) is 66.0 Å². The van der Waals surface area contributed by atoms with Gasteiger partial charge in [0.1, 0.15) is 12.1 Å². The summed E-state index contributed by atoms with van der Waals surface area (Å²) in [6.07, 6.45) is 5.07. The summed E-state index contributed by atoms with van der Waals surface area (Å²) in [6, 6.07) is 13.9. The normalized spacial score (nSPS) is 21.7. The Morgan fingerprint density at radius 3 is 2.63 bits per heavy atom. The van der Waals surface area contributed by atoms with E-state index in [0.29, 0.717) is 45.5 Å². The van der Waals surface area contributed by atoms with Crippen LogP contribution in [0.25, 0.3) is 0 Å². The standard InChI is InChI=1S/C21H23N3O3/c25-19(7-6-17-8-10-22-11-9-17)23-12-13-24-20(26)27-16-21(24,15-23)14-18-4-2-1-3-5-18/h1-5,8-11H,6-7,12-16H2. The van der Waals surface area contributed by atoms with Crippen molar-refractivity contribution in [2.45, 2.75) is 24.8 Å². The number of piperazine rings is 1. The molecule has 2 aromatic rings. The summed E-state index contributed by atoms with van der Waals surface area (Å²) in [6.45, 7) is 1.92. The molecule has 0 radical (unpaired) electrons. The molecule has 1 aromatic heterocycles. The minimum atomic E-state index is -0.469. The van der Waals surface area contributed by atoms with E-state index in [2.05, 4.69) is 17.1 Å². The quantitative estimate of drug-likeness (QED) is 0.816. The number of amides is 2. The monoisotopic (exact) mass is 365 g/mol. The largest absolute Gasteiger partial charge is 0.447 e. The second-order valence-electron chi connectivity index (χ2n) is 7.26. The second-order valence-corrected chi connectivity index (χ2v) is 7.26. The van der Waals surface area contributed by atoms with Gasteiger partial charge in [0, 0.05) is 44.9 Å². The van der Waals surface area contributed by atoms with E-state index in [1.165, 1.54) is 0 Å². The Bertz CT molecular complexity index is 812. The van der Waals surface area contributed by atoms with Gasteiger partial charge in [-0.3, -0.25) is 14.7 Å². The molecule has 0 spiro atoms. The fourth-order valence-electron chi connectivity index (χ4n) is 4.01. The molecule has 2 aliphatic rings. The molecule has 6 heteroatoms. The molecule has 2 aliphatic heterocycles. The van der Waals surface area contributed by atoms with Gasteiger partial charge >= 0.3 is 6.09 Å². The fraction of sp³-hybridized carbons (Fsp3) is 0.381. The van der Waals surface area contributed by atoms with Crippen LogP contribution in [0.3, 0.4) is 0 Å². The number of hydrogen-bond acceptors (Lipinski definition) is 4. The topological polar surface area (TPSA) is 62.7 Å². The van der Waals surface area contributed by atoms with Crippen molar-refractivity contribution in [1.82, 2.24) is 14.8 Å². The fourth-order valence-corrected chi connectivity index (χ4v) is 4.01. The highest BCUT2D eigenvalue weighted by Gasteiger charge is 2.51. The van der Waals surface area contributed by atoms with Crippen molar-refractivity contribution in [3.63, 3.8) is 0 Å². The Labute approximate surface area is 158 Å². The molecule has 6 nitrogen and oxygen atoms in total. The minimum Gasteiger partial charge on any atom is -0.447 e. The van der Waals surface area contributed by atoms with Gasteiger partial charge in [0.25, 0.3) is 0 Å². The Balaban J connectivity index is 1.46. The van der Waals surface area contributed by atoms with E-state index >= 15 is 0 Å². The number of aromatic nitrogens is 1. The molecule has 27 heavy (non-hydrogen) atoms. The summed E-state index contributed by atoms with van der Waals surface area (Å²) in [4.78, 5) is 32.7. The zero-order chi connectivity index (χ0) is 18.7. The number of fused-ring (bicyclic) bond motifs is 1. The average Bonchev–Trinajstić information content (AvgIpc) is 3.03. The highest BCUT2D eigenvalue weighted by atomic mass is 16.6. The van der Waals surface area contributed by atoms with Crippen LogP contribution >= 0.6 is 0 Å². The Hall–Kier alpha value is -2.89. The molecule has 2 fully saturated rings. The van der Waals surface area contributed by atoms with E-state index in [-0.39, 0.29) is 12.0 Å². The molecule has 1 atom stereocenters. The van der Waals surface area contributed by atoms with Crippen LogP contribution < -0.4 is 0 Å². The van der Waals surface area contributed by atoms with Crippen LogP contribution in [0, 0.1) is 0 Å². The molecule has 3 heterocycles. The van der Waals surface area contributed by atoms with Crippen LogP contribution in [0.1, 0.15) is 17.5 Å². The molecule has 0 aliphatic carbocycles. The van der Waals surface area contributed by atoms with Crippen molar-refractivity contribution in [1.29, 1.82) is 0 Å². The zero-order valence-electron chi connectivity index (χ0n) is 15.2. The van der Waals surface area contributed by atoms with Crippen LogP contribution in [-0.4, -0.2) is 58.6 Å². The summed E-state index contributed by atoms with van der Waals surface area (Å²) in [5.41, 5.74) is 1.78. The molecule has 1 unspecified atom stereocenters. The van der Waals surface area contributed by atoms with Gasteiger partial charge in [-0.15, -0.1) is 0 Å². The number of nitrogens with zero attached hydrogens (tertiary/aromatic N) is 3. The first-order valence-corrected chi connectivity index (χ1v) is 9.31. The van der Waals surface area contributed by atoms with Gasteiger partial charge in [-0.1, -0.05) is 30.3 Å². The smallest absolute Gasteiger partial charge is 0.410 e. The van der Waals surface area contributed by atoms with Crippen molar-refractivity contribution in [2.24, 2.45) is 0 Å². The van der Waals surface area contributed by atoms with Crippen molar-refractivity contribution < 1.29 is 14.3 Å². The summed E-state index contributed by atoms with van der Waals surface area (Å²) in [5.74, 6) is 0.123. The predicted molar refractivity (Wildman–Crippen MR) is 100 cm³/mol. The first-order valence-electron chi connectivity index (χ1n) is 9.31. The van der Waals surface area contributed by atoms with E-state index in [9.17, 15) is 9.59 Å². The zero-order valence-corrected chi connectivity index (χ0v) is 15.2. The molecule has 0 bridgehead atoms. The first kappa shape index (κ1) is 17.5. The Morgan fingerprint density at radius 2 is 1.85 bits per heavy atom. The summed E-state index contributed by atoms with van der Waals surface area (Å²) >= 11 is 0. The van der Waals surface area contributed by atoms with E-state index in [1.54, 1.807) is 12.4 Å². The molecule has 2 saturated heterocycles. The van der Waals surface area contributed by atoms with Gasteiger partial charge in [0.2, 0.25) is 5.91 Å². The molecule has 1 aromatic carbocycles. The lowest BCUT2D eigenvalue weighted by molar-refractivity contribution is -0.135. The van der Waals surface area contributed by atoms with E-state index in [0.717, 1.165) is 11.1 Å². The highest BCUT2D eigenvalue weighted by molar-refractivity contribution is 5.78. The lowest BCUT2D eigenvalue weighted by Crippen LogP contribution is -2.63. The van der Waals surface area contributed by atoms with E-state index in [4.69, 9.17) is 4.74 Å². The number of rotatable bonds is 5. The molecule has 2 amide bonds. The van der Waals surface area contributed by atoms with E-state index in [1.807, 2.05) is 40.1 Å². The summed E-state index contributed by atoms with van der Waals surface area (Å²) in [5, 5.41) is 0. The van der Waals surface area contributed by atoms with Crippen LogP contribution in [0.15, 0.2) is 54.9 Å². The SMILES string of the molecule is O=C(CCc1ccncc1)N1CCN2C(=O)OCC2(Cc2ccccc2)C1. The lowest BCUT2D eigenvalue weighted by Gasteiger charge is -2.44. The van der Waals surface area contributed by atoms with Crippen molar-refractivity contribution in [2.75, 3.05) is 26.2 Å². The second kappa shape index (κ2) is 7.39. The number of pyridine rings is 1. The van der Waals surface area contributed by atoms with Crippen molar-refractivity contribution in [3.8, 4) is 0 Å². The first-order chi connectivity index (χ1) is 13.2. The molecular formula is C21H23N3O3. The molecule has 0 saturated carbocycles. The number of cyclic esters (lactones) is 1. The molecule has 140 valence electrons. The third kappa shape index (κ3) is 3.65. The number of ether oxygens (including phenoxy) is 1. The number of hydrogen-bond donors (Lipinski definition) is 0. The maximum Gasteiger partial charge on any atom is 0.410 e. The van der Waals surface area contributed by atoms with Crippen LogP contribution in [-0.2, 0) is 22.4 Å². The third-order valence-electron chi connectivity index (χ3n) is 5.44. The van der Waals surface area contributed by atoms with Gasteiger partial charge in [-0.05, 0) is 29.7 Å². The van der Waals surface area contributed by atoms with Gasteiger partial charge in [0.15, 0.2) is 0 Å². The Kier molecular flexibility index (Phi) is 4.79. The predicted octanol–water partition coefficient (Wildman–Crippen LogP) is 2.29. The number of carbonyl (C=O) groups is 2. The number of carbonyl (C=O) groups excluding carboxylic acids is 2. The molecule has 4 rings (SSSR count). The van der Waals surface area contributed by atoms with Crippen LogP contribution in [0.5, 0.6) is 0 Å². The highest BCUT2D eigenvalue weighted by Crippen LogP contribution is 2.32. The van der Waals surface area contributed by atoms with E-state index < -0.39 is 5.54 Å². The lowest BCUT2D eigenvalue weighted by atomic mass is 9.88. The van der Waals surface area contributed by atoms with Crippen LogP contribution in [0.4, 0.5) is 4.79 Å². The van der Waals surface area contributed by atoms with Gasteiger partial charge in [0.05, 0.1) is 0 Å². The third-order valence-corrected chi connectivity index (χ3v) is 5.44. The molecule has 0 N–H and O–H groups in total. The summed E-state index contributed by atoms with van der Waals surface area (Å²) in [7, 11) is 0. The summed E-state index contributed by atoms with van der Waals surface area (Å²) < 4.78 is 5.37. The maximum absolute atomic E-state index is 12.8.